The van der Waals surface area contributed by atoms with E-state index in [-0.39, 0.29) is 24.0 Å². The van der Waals surface area contributed by atoms with Gasteiger partial charge in [0.05, 0.1) is 0 Å². The minimum Gasteiger partial charge on any atom is -0.484 e. The predicted octanol–water partition coefficient (Wildman–Crippen LogP) is 4.50. The van der Waals surface area contributed by atoms with Gasteiger partial charge in [-0.2, -0.15) is 0 Å². The number of hydrogen-bond donors (Lipinski definition) is 1. The summed E-state index contributed by atoms with van der Waals surface area (Å²) in [6.07, 6.45) is 1.87. The molecule has 3 nitrogen and oxygen atoms in total. The highest BCUT2D eigenvalue weighted by Crippen LogP contribution is 2.24. The number of ether oxygens (including phenoxy) is 1. The largest absolute Gasteiger partial charge is 0.484 e. The first-order valence-corrected chi connectivity index (χ1v) is 8.91. The van der Waals surface area contributed by atoms with Gasteiger partial charge in [0.1, 0.15) is 5.75 Å². The molecule has 1 atom stereocenters. The van der Waals surface area contributed by atoms with Crippen LogP contribution in [0.1, 0.15) is 45.2 Å². The Balaban J connectivity index is 1.73. The summed E-state index contributed by atoms with van der Waals surface area (Å²) in [6, 6.07) is 18.4. The van der Waals surface area contributed by atoms with E-state index in [9.17, 15) is 4.79 Å². The van der Waals surface area contributed by atoms with Gasteiger partial charge in [0.2, 0.25) is 0 Å². The number of nitrogens with one attached hydrogen (secondary N) is 1. The molecule has 0 aromatic heterocycles. The van der Waals surface area contributed by atoms with Crippen molar-refractivity contribution in [1.29, 1.82) is 0 Å². The van der Waals surface area contributed by atoms with Crippen molar-refractivity contribution in [2.24, 2.45) is 0 Å². The van der Waals surface area contributed by atoms with E-state index >= 15 is 0 Å². The highest BCUT2D eigenvalue weighted by Gasteiger charge is 2.13. The van der Waals surface area contributed by atoms with Crippen LogP contribution in [0.3, 0.4) is 0 Å². The minimum atomic E-state index is -0.0829. The molecule has 134 valence electrons. The molecule has 1 N–H and O–H groups in total. The maximum absolute atomic E-state index is 12.0. The van der Waals surface area contributed by atoms with E-state index in [1.807, 2.05) is 37.3 Å². The van der Waals surface area contributed by atoms with Crippen molar-refractivity contribution in [3.05, 3.63) is 65.7 Å². The molecule has 0 aliphatic carbocycles. The molecule has 2 aromatic carbocycles. The van der Waals surface area contributed by atoms with Gasteiger partial charge in [-0.3, -0.25) is 4.79 Å². The summed E-state index contributed by atoms with van der Waals surface area (Å²) < 4.78 is 5.59. The Kier molecular flexibility index (Phi) is 6.63. The molecular weight excluding hydrogens is 310 g/mol. The molecule has 0 aliphatic heterocycles. The van der Waals surface area contributed by atoms with Crippen molar-refractivity contribution in [2.75, 3.05) is 6.61 Å². The molecular formula is C22H29NO2. The number of benzene rings is 2. The van der Waals surface area contributed by atoms with Gasteiger partial charge in [-0.25, -0.2) is 0 Å². The van der Waals surface area contributed by atoms with Crippen molar-refractivity contribution in [3.8, 4) is 5.75 Å². The van der Waals surface area contributed by atoms with Crippen LogP contribution in [0.5, 0.6) is 5.75 Å². The highest BCUT2D eigenvalue weighted by molar-refractivity contribution is 5.77. The van der Waals surface area contributed by atoms with Crippen LogP contribution in [0.2, 0.25) is 0 Å². The Hall–Kier alpha value is -2.29. The molecule has 25 heavy (non-hydrogen) atoms. The topological polar surface area (TPSA) is 38.3 Å². The van der Waals surface area contributed by atoms with Crippen LogP contribution >= 0.6 is 0 Å². The standard InChI is InChI=1S/C22H29NO2/c1-17(10-11-18-8-6-5-7-9-18)23-21(24)16-25-20-14-12-19(13-15-20)22(2,3)4/h5-9,12-15,17H,10-11,16H2,1-4H3,(H,23,24). The predicted molar refractivity (Wildman–Crippen MR) is 103 cm³/mol. The number of carbonyl (C=O) groups excluding carboxylic acids is 1. The van der Waals surface area contributed by atoms with E-state index in [2.05, 4.69) is 50.4 Å². The van der Waals surface area contributed by atoms with Crippen molar-refractivity contribution >= 4 is 5.91 Å². The summed E-state index contributed by atoms with van der Waals surface area (Å²) in [5.41, 5.74) is 2.65. The molecule has 0 saturated carbocycles. The third kappa shape index (κ3) is 6.61. The molecule has 0 fully saturated rings. The molecule has 0 heterocycles. The maximum atomic E-state index is 12.0. The van der Waals surface area contributed by atoms with Gasteiger partial charge in [0.15, 0.2) is 6.61 Å². The van der Waals surface area contributed by atoms with Gasteiger partial charge in [-0.1, -0.05) is 63.2 Å². The van der Waals surface area contributed by atoms with E-state index < -0.39 is 0 Å². The Morgan fingerprint density at radius 1 is 1.04 bits per heavy atom. The second kappa shape index (κ2) is 8.70. The van der Waals surface area contributed by atoms with Crippen molar-refractivity contribution < 1.29 is 9.53 Å². The van der Waals surface area contributed by atoms with E-state index in [1.54, 1.807) is 0 Å². The first-order chi connectivity index (χ1) is 11.8. The fourth-order valence-electron chi connectivity index (χ4n) is 2.62. The molecule has 1 unspecified atom stereocenters. The monoisotopic (exact) mass is 339 g/mol. The Morgan fingerprint density at radius 2 is 1.68 bits per heavy atom. The summed E-state index contributed by atoms with van der Waals surface area (Å²) in [5, 5.41) is 2.99. The van der Waals surface area contributed by atoms with Crippen LogP contribution in [0.25, 0.3) is 0 Å². The zero-order valence-corrected chi connectivity index (χ0v) is 15.7. The zero-order chi connectivity index (χ0) is 18.3. The molecule has 0 radical (unpaired) electrons. The van der Waals surface area contributed by atoms with Crippen LogP contribution in [0, 0.1) is 0 Å². The third-order valence-corrected chi connectivity index (χ3v) is 4.21. The van der Waals surface area contributed by atoms with Gasteiger partial charge in [-0.15, -0.1) is 0 Å². The van der Waals surface area contributed by atoms with E-state index in [4.69, 9.17) is 4.74 Å². The molecule has 3 heteroatoms. The summed E-state index contributed by atoms with van der Waals surface area (Å²) in [7, 11) is 0. The van der Waals surface area contributed by atoms with Crippen LogP contribution < -0.4 is 10.1 Å². The van der Waals surface area contributed by atoms with Crippen LogP contribution in [0.15, 0.2) is 54.6 Å². The van der Waals surface area contributed by atoms with Gasteiger partial charge in [-0.05, 0) is 48.4 Å². The summed E-state index contributed by atoms with van der Waals surface area (Å²) in [5.74, 6) is 0.639. The average molecular weight is 339 g/mol. The number of rotatable bonds is 7. The lowest BCUT2D eigenvalue weighted by atomic mass is 9.87. The molecule has 0 saturated heterocycles. The van der Waals surface area contributed by atoms with Gasteiger partial charge in [0.25, 0.3) is 5.91 Å². The second-order valence-corrected chi connectivity index (χ2v) is 7.56. The minimum absolute atomic E-state index is 0.0462. The van der Waals surface area contributed by atoms with Crippen LogP contribution in [0.4, 0.5) is 0 Å². The number of amides is 1. The highest BCUT2D eigenvalue weighted by atomic mass is 16.5. The van der Waals surface area contributed by atoms with Gasteiger partial charge >= 0.3 is 0 Å². The zero-order valence-electron chi connectivity index (χ0n) is 15.7. The number of hydrogen-bond acceptors (Lipinski definition) is 2. The molecule has 2 aromatic rings. The fraction of sp³-hybridized carbons (Fsp3) is 0.409. The van der Waals surface area contributed by atoms with E-state index in [0.29, 0.717) is 0 Å². The fourth-order valence-corrected chi connectivity index (χ4v) is 2.62. The van der Waals surface area contributed by atoms with Gasteiger partial charge in [0, 0.05) is 6.04 Å². The number of carbonyl (C=O) groups is 1. The smallest absolute Gasteiger partial charge is 0.258 e. The molecule has 0 aliphatic rings. The van der Waals surface area contributed by atoms with E-state index in [1.165, 1.54) is 11.1 Å². The molecule has 0 spiro atoms. The molecule has 2 rings (SSSR count). The van der Waals surface area contributed by atoms with Crippen molar-refractivity contribution in [3.63, 3.8) is 0 Å². The number of aryl methyl sites for hydroxylation is 1. The lowest BCUT2D eigenvalue weighted by Crippen LogP contribution is -2.36. The summed E-state index contributed by atoms with van der Waals surface area (Å²) >= 11 is 0. The Labute approximate surface area is 151 Å². The van der Waals surface area contributed by atoms with Crippen LogP contribution in [-0.2, 0) is 16.6 Å². The molecule has 1 amide bonds. The first kappa shape index (κ1) is 19.0. The summed E-state index contributed by atoms with van der Waals surface area (Å²) in [4.78, 5) is 12.0. The van der Waals surface area contributed by atoms with E-state index in [0.717, 1.165) is 18.6 Å². The Morgan fingerprint density at radius 3 is 2.28 bits per heavy atom. The maximum Gasteiger partial charge on any atom is 0.258 e. The lowest BCUT2D eigenvalue weighted by Gasteiger charge is -2.19. The van der Waals surface area contributed by atoms with Gasteiger partial charge < -0.3 is 10.1 Å². The average Bonchev–Trinajstić information content (AvgIpc) is 2.59. The Bertz CT molecular complexity index is 657. The second-order valence-electron chi connectivity index (χ2n) is 7.56. The normalized spacial score (nSPS) is 12.5. The quantitative estimate of drug-likeness (QED) is 0.806. The lowest BCUT2D eigenvalue weighted by molar-refractivity contribution is -0.123. The SMILES string of the molecule is CC(CCc1ccccc1)NC(=O)COc1ccc(C(C)(C)C)cc1. The van der Waals surface area contributed by atoms with Crippen molar-refractivity contribution in [2.45, 2.75) is 52.0 Å². The first-order valence-electron chi connectivity index (χ1n) is 8.91. The van der Waals surface area contributed by atoms with Crippen LogP contribution in [-0.4, -0.2) is 18.6 Å². The third-order valence-electron chi connectivity index (χ3n) is 4.21. The van der Waals surface area contributed by atoms with Crippen molar-refractivity contribution in [1.82, 2.24) is 5.32 Å². The molecule has 0 bridgehead atoms. The summed E-state index contributed by atoms with van der Waals surface area (Å²) in [6.45, 7) is 8.59.